The summed E-state index contributed by atoms with van der Waals surface area (Å²) >= 11 is 2.93. The number of nitrogens with one attached hydrogen (secondary N) is 1. The monoisotopic (exact) mass is 253 g/mol. The molecule has 0 saturated heterocycles. The van der Waals surface area contributed by atoms with E-state index in [1.54, 1.807) is 12.3 Å². The number of hydrogen-bond acceptors (Lipinski definition) is 5. The average molecular weight is 253 g/mol. The van der Waals surface area contributed by atoms with E-state index < -0.39 is 0 Å². The van der Waals surface area contributed by atoms with Crippen molar-refractivity contribution in [1.82, 2.24) is 10.3 Å². The highest BCUT2D eigenvalue weighted by atomic mass is 32.1. The van der Waals surface area contributed by atoms with Crippen LogP contribution >= 0.6 is 22.7 Å². The molecule has 0 atom stereocenters. The fraction of sp³-hybridized carbons (Fsp3) is 0.200. The number of rotatable bonds is 3. The van der Waals surface area contributed by atoms with Gasteiger partial charge in [0.15, 0.2) is 0 Å². The number of thiophene rings is 1. The Kier molecular flexibility index (Phi) is 3.21. The second-order valence-electron chi connectivity index (χ2n) is 3.23. The summed E-state index contributed by atoms with van der Waals surface area (Å²) in [7, 11) is 0. The van der Waals surface area contributed by atoms with Gasteiger partial charge in [-0.2, -0.15) is 0 Å². The third kappa shape index (κ3) is 2.40. The van der Waals surface area contributed by atoms with E-state index in [2.05, 4.69) is 10.3 Å². The first-order valence-corrected chi connectivity index (χ1v) is 6.39. The zero-order valence-corrected chi connectivity index (χ0v) is 10.3. The summed E-state index contributed by atoms with van der Waals surface area (Å²) in [6.45, 7) is 2.37. The molecule has 0 spiro atoms. The predicted octanol–water partition coefficient (Wildman–Crippen LogP) is 2.03. The van der Waals surface area contributed by atoms with E-state index >= 15 is 0 Å². The van der Waals surface area contributed by atoms with Crippen molar-refractivity contribution in [2.75, 3.05) is 5.73 Å². The summed E-state index contributed by atoms with van der Waals surface area (Å²) in [5.74, 6) is -0.0972. The Labute approximate surface area is 101 Å². The smallest absolute Gasteiger partial charge is 0.261 e. The van der Waals surface area contributed by atoms with E-state index in [0.29, 0.717) is 17.1 Å². The lowest BCUT2D eigenvalue weighted by atomic mass is 10.3. The molecule has 0 radical (unpaired) electrons. The molecule has 0 aliphatic rings. The van der Waals surface area contributed by atoms with Crippen LogP contribution in [0.3, 0.4) is 0 Å². The van der Waals surface area contributed by atoms with Crippen molar-refractivity contribution >= 4 is 34.3 Å². The van der Waals surface area contributed by atoms with Gasteiger partial charge in [-0.25, -0.2) is 4.98 Å². The SMILES string of the molecule is Cc1sc(C(=O)NCc2nccs2)cc1N. The van der Waals surface area contributed by atoms with Crippen LogP contribution in [0.4, 0.5) is 5.69 Å². The fourth-order valence-corrected chi connectivity index (χ4v) is 2.60. The highest BCUT2D eigenvalue weighted by molar-refractivity contribution is 7.14. The van der Waals surface area contributed by atoms with E-state index in [1.165, 1.54) is 22.7 Å². The number of thiazole rings is 1. The first-order chi connectivity index (χ1) is 7.66. The van der Waals surface area contributed by atoms with Crippen molar-refractivity contribution in [3.05, 3.63) is 32.4 Å². The number of carbonyl (C=O) groups excluding carboxylic acids is 1. The molecule has 2 aromatic heterocycles. The molecule has 0 aromatic carbocycles. The molecule has 0 saturated carbocycles. The first kappa shape index (κ1) is 11.1. The van der Waals surface area contributed by atoms with Gasteiger partial charge in [-0.3, -0.25) is 4.79 Å². The summed E-state index contributed by atoms with van der Waals surface area (Å²) in [4.78, 5) is 17.4. The molecular formula is C10H11N3OS2. The number of anilines is 1. The Bertz CT molecular complexity index is 471. The van der Waals surface area contributed by atoms with Gasteiger partial charge in [-0.05, 0) is 13.0 Å². The van der Waals surface area contributed by atoms with Crippen LogP contribution in [0.2, 0.25) is 0 Å². The zero-order chi connectivity index (χ0) is 11.5. The lowest BCUT2D eigenvalue weighted by molar-refractivity contribution is 0.0955. The Morgan fingerprint density at radius 3 is 3.00 bits per heavy atom. The molecule has 0 fully saturated rings. The number of nitrogen functional groups attached to an aromatic ring is 1. The third-order valence-electron chi connectivity index (χ3n) is 2.06. The molecule has 2 heterocycles. The van der Waals surface area contributed by atoms with E-state index in [9.17, 15) is 4.79 Å². The maximum Gasteiger partial charge on any atom is 0.261 e. The zero-order valence-electron chi connectivity index (χ0n) is 8.69. The van der Waals surface area contributed by atoms with Crippen molar-refractivity contribution in [3.63, 3.8) is 0 Å². The maximum atomic E-state index is 11.7. The normalized spacial score (nSPS) is 10.3. The van der Waals surface area contributed by atoms with Crippen molar-refractivity contribution in [2.45, 2.75) is 13.5 Å². The molecule has 1 amide bonds. The Balaban J connectivity index is 1.98. The van der Waals surface area contributed by atoms with Gasteiger partial charge >= 0.3 is 0 Å². The van der Waals surface area contributed by atoms with Gasteiger partial charge in [0.2, 0.25) is 0 Å². The minimum Gasteiger partial charge on any atom is -0.398 e. The summed E-state index contributed by atoms with van der Waals surface area (Å²) in [5, 5.41) is 5.59. The van der Waals surface area contributed by atoms with E-state index in [1.807, 2.05) is 12.3 Å². The molecule has 16 heavy (non-hydrogen) atoms. The lowest BCUT2D eigenvalue weighted by Gasteiger charge is -1.99. The van der Waals surface area contributed by atoms with Gasteiger partial charge in [-0.1, -0.05) is 0 Å². The molecule has 2 rings (SSSR count). The molecule has 0 unspecified atom stereocenters. The van der Waals surface area contributed by atoms with Crippen LogP contribution in [0.25, 0.3) is 0 Å². The fourth-order valence-electron chi connectivity index (χ4n) is 1.19. The molecular weight excluding hydrogens is 242 g/mol. The van der Waals surface area contributed by atoms with Crippen LogP contribution in [0.5, 0.6) is 0 Å². The van der Waals surface area contributed by atoms with Crippen molar-refractivity contribution < 1.29 is 4.79 Å². The highest BCUT2D eigenvalue weighted by Gasteiger charge is 2.10. The molecule has 0 aliphatic carbocycles. The Morgan fingerprint density at radius 2 is 2.44 bits per heavy atom. The maximum absolute atomic E-state index is 11.7. The summed E-state index contributed by atoms with van der Waals surface area (Å²) in [5.41, 5.74) is 6.36. The summed E-state index contributed by atoms with van der Waals surface area (Å²) < 4.78 is 0. The third-order valence-corrected chi connectivity index (χ3v) is 3.91. The second-order valence-corrected chi connectivity index (χ2v) is 5.47. The van der Waals surface area contributed by atoms with E-state index in [4.69, 9.17) is 5.73 Å². The van der Waals surface area contributed by atoms with Crippen LogP contribution in [0.1, 0.15) is 19.6 Å². The summed E-state index contributed by atoms with van der Waals surface area (Å²) in [6.07, 6.45) is 1.72. The van der Waals surface area contributed by atoms with Crippen LogP contribution in [0.15, 0.2) is 17.6 Å². The number of carbonyl (C=O) groups is 1. The van der Waals surface area contributed by atoms with Crippen LogP contribution < -0.4 is 11.1 Å². The summed E-state index contributed by atoms with van der Waals surface area (Å²) in [6, 6.07) is 1.71. The molecule has 2 aromatic rings. The lowest BCUT2D eigenvalue weighted by Crippen LogP contribution is -2.21. The predicted molar refractivity (Wildman–Crippen MR) is 66.8 cm³/mol. The molecule has 0 aliphatic heterocycles. The number of hydrogen-bond donors (Lipinski definition) is 2. The number of amides is 1. The quantitative estimate of drug-likeness (QED) is 0.879. The van der Waals surface area contributed by atoms with Gasteiger partial charge in [0.05, 0.1) is 11.4 Å². The van der Waals surface area contributed by atoms with Gasteiger partial charge in [-0.15, -0.1) is 22.7 Å². The standard InChI is InChI=1S/C10H11N3OS2/c1-6-7(11)4-8(16-6)10(14)13-5-9-12-2-3-15-9/h2-4H,5,11H2,1H3,(H,13,14). The molecule has 0 bridgehead atoms. The molecule has 4 nitrogen and oxygen atoms in total. The number of aromatic nitrogens is 1. The first-order valence-electron chi connectivity index (χ1n) is 4.69. The molecule has 3 N–H and O–H groups in total. The van der Waals surface area contributed by atoms with Gasteiger partial charge in [0.1, 0.15) is 5.01 Å². The van der Waals surface area contributed by atoms with E-state index in [-0.39, 0.29) is 5.91 Å². The highest BCUT2D eigenvalue weighted by Crippen LogP contribution is 2.23. The molecule has 6 heteroatoms. The Hall–Kier alpha value is -1.40. The molecule has 84 valence electrons. The van der Waals surface area contributed by atoms with Crippen LogP contribution in [0, 0.1) is 6.92 Å². The number of nitrogens with zero attached hydrogens (tertiary/aromatic N) is 1. The largest absolute Gasteiger partial charge is 0.398 e. The van der Waals surface area contributed by atoms with Crippen LogP contribution in [-0.2, 0) is 6.54 Å². The minimum atomic E-state index is -0.0972. The topological polar surface area (TPSA) is 68.0 Å². The van der Waals surface area contributed by atoms with Crippen molar-refractivity contribution in [1.29, 1.82) is 0 Å². The minimum absolute atomic E-state index is 0.0972. The Morgan fingerprint density at radius 1 is 1.62 bits per heavy atom. The van der Waals surface area contributed by atoms with Gasteiger partial charge in [0, 0.05) is 22.1 Å². The van der Waals surface area contributed by atoms with Crippen molar-refractivity contribution in [2.24, 2.45) is 0 Å². The number of aryl methyl sites for hydroxylation is 1. The average Bonchev–Trinajstić information content (AvgIpc) is 2.86. The second kappa shape index (κ2) is 4.63. The van der Waals surface area contributed by atoms with Gasteiger partial charge in [0.25, 0.3) is 5.91 Å². The van der Waals surface area contributed by atoms with Crippen molar-refractivity contribution in [3.8, 4) is 0 Å². The van der Waals surface area contributed by atoms with Gasteiger partial charge < -0.3 is 11.1 Å². The number of nitrogens with two attached hydrogens (primary N) is 1. The van der Waals surface area contributed by atoms with Crippen LogP contribution in [-0.4, -0.2) is 10.9 Å². The van der Waals surface area contributed by atoms with E-state index in [0.717, 1.165) is 9.88 Å².